The van der Waals surface area contributed by atoms with Crippen LogP contribution in [0.25, 0.3) is 11.0 Å². The molecule has 0 spiro atoms. The van der Waals surface area contributed by atoms with Gasteiger partial charge in [-0.25, -0.2) is 9.48 Å². The van der Waals surface area contributed by atoms with Gasteiger partial charge in [0.1, 0.15) is 5.52 Å². The fourth-order valence-electron chi connectivity index (χ4n) is 2.29. The highest BCUT2D eigenvalue weighted by Gasteiger charge is 2.16. The van der Waals surface area contributed by atoms with Crippen LogP contribution in [0.2, 0.25) is 0 Å². The predicted octanol–water partition coefficient (Wildman–Crippen LogP) is 2.21. The average Bonchev–Trinajstić information content (AvgIpc) is 2.77. The Balaban J connectivity index is 2.34. The topological polar surface area (TPSA) is 71.2 Å². The van der Waals surface area contributed by atoms with Crippen molar-refractivity contribution in [3.63, 3.8) is 0 Å². The molecule has 0 aliphatic rings. The summed E-state index contributed by atoms with van der Waals surface area (Å²) in [5.41, 5.74) is 1.69. The van der Waals surface area contributed by atoms with Crippen LogP contribution in [0, 0.1) is 0 Å². The summed E-state index contributed by atoms with van der Waals surface area (Å²) < 4.78 is 1.81. The summed E-state index contributed by atoms with van der Waals surface area (Å²) in [7, 11) is 0. The molecule has 6 nitrogen and oxygen atoms in total. The molecule has 0 fully saturated rings. The fraction of sp³-hybridized carbons (Fsp3) is 0.500. The number of benzene rings is 1. The van der Waals surface area contributed by atoms with Gasteiger partial charge in [-0.3, -0.25) is 4.90 Å². The molecule has 0 saturated carbocycles. The van der Waals surface area contributed by atoms with Gasteiger partial charge in [0.2, 0.25) is 0 Å². The van der Waals surface area contributed by atoms with E-state index in [0.29, 0.717) is 24.3 Å². The van der Waals surface area contributed by atoms with Gasteiger partial charge in [0.25, 0.3) is 0 Å². The first-order valence-electron chi connectivity index (χ1n) is 6.72. The Kier molecular flexibility index (Phi) is 4.04. The molecule has 20 heavy (non-hydrogen) atoms. The van der Waals surface area contributed by atoms with Crippen molar-refractivity contribution in [3.8, 4) is 0 Å². The molecule has 1 aromatic heterocycles. The van der Waals surface area contributed by atoms with Crippen molar-refractivity contribution in [3.05, 3.63) is 23.8 Å². The quantitative estimate of drug-likeness (QED) is 0.906. The standard InChI is InChI=1S/C14H20N4O2/c1-9(2)17(10(3)4)8-18-13-6-5-11(14(19)20)7-12(13)15-16-18/h5-7,9-10H,8H2,1-4H3,(H,19,20). The third-order valence-electron chi connectivity index (χ3n) is 3.38. The average molecular weight is 276 g/mol. The number of rotatable bonds is 5. The van der Waals surface area contributed by atoms with Gasteiger partial charge in [-0.1, -0.05) is 5.21 Å². The minimum absolute atomic E-state index is 0.231. The van der Waals surface area contributed by atoms with Crippen molar-refractivity contribution >= 4 is 17.0 Å². The summed E-state index contributed by atoms with van der Waals surface area (Å²) in [6, 6.07) is 5.69. The smallest absolute Gasteiger partial charge is 0.335 e. The lowest BCUT2D eigenvalue weighted by atomic mass is 10.2. The molecule has 108 valence electrons. The molecular weight excluding hydrogens is 256 g/mol. The second-order valence-electron chi connectivity index (χ2n) is 5.44. The first-order valence-corrected chi connectivity index (χ1v) is 6.72. The van der Waals surface area contributed by atoms with Crippen LogP contribution in [-0.2, 0) is 6.67 Å². The summed E-state index contributed by atoms with van der Waals surface area (Å²) in [5.74, 6) is -0.951. The van der Waals surface area contributed by atoms with Crippen molar-refractivity contribution < 1.29 is 9.90 Å². The number of aromatic carboxylic acids is 1. The van der Waals surface area contributed by atoms with Gasteiger partial charge in [0, 0.05) is 12.1 Å². The second kappa shape index (κ2) is 5.58. The molecule has 0 amide bonds. The van der Waals surface area contributed by atoms with E-state index in [-0.39, 0.29) is 5.56 Å². The molecule has 1 heterocycles. The van der Waals surface area contributed by atoms with E-state index in [4.69, 9.17) is 5.11 Å². The number of aromatic nitrogens is 3. The molecule has 0 radical (unpaired) electrons. The number of hydrogen-bond donors (Lipinski definition) is 1. The molecule has 0 atom stereocenters. The Bertz CT molecular complexity index is 611. The van der Waals surface area contributed by atoms with Crippen LogP contribution in [0.1, 0.15) is 38.1 Å². The van der Waals surface area contributed by atoms with Crippen LogP contribution in [-0.4, -0.2) is 43.1 Å². The van der Waals surface area contributed by atoms with E-state index >= 15 is 0 Å². The van der Waals surface area contributed by atoms with Crippen molar-refractivity contribution in [1.29, 1.82) is 0 Å². The van der Waals surface area contributed by atoms with Crippen LogP contribution in [0.4, 0.5) is 0 Å². The van der Waals surface area contributed by atoms with E-state index in [2.05, 4.69) is 42.9 Å². The van der Waals surface area contributed by atoms with E-state index in [1.165, 1.54) is 0 Å². The lowest BCUT2D eigenvalue weighted by Crippen LogP contribution is -2.38. The third-order valence-corrected chi connectivity index (χ3v) is 3.38. The van der Waals surface area contributed by atoms with Gasteiger partial charge < -0.3 is 5.11 Å². The molecule has 2 aromatic rings. The first-order chi connectivity index (χ1) is 9.40. The highest BCUT2D eigenvalue weighted by Crippen LogP contribution is 2.15. The SMILES string of the molecule is CC(C)N(Cn1nnc2cc(C(=O)O)ccc21)C(C)C. The number of carbonyl (C=O) groups is 1. The van der Waals surface area contributed by atoms with Crippen molar-refractivity contribution in [1.82, 2.24) is 19.9 Å². The minimum Gasteiger partial charge on any atom is -0.478 e. The molecule has 0 saturated heterocycles. The summed E-state index contributed by atoms with van der Waals surface area (Å²) in [6.45, 7) is 9.20. The maximum atomic E-state index is 10.9. The van der Waals surface area contributed by atoms with Gasteiger partial charge in [0.05, 0.1) is 17.7 Å². The Morgan fingerprint density at radius 3 is 2.50 bits per heavy atom. The Morgan fingerprint density at radius 1 is 1.30 bits per heavy atom. The summed E-state index contributed by atoms with van der Waals surface area (Å²) >= 11 is 0. The molecule has 6 heteroatoms. The largest absolute Gasteiger partial charge is 0.478 e. The zero-order valence-corrected chi connectivity index (χ0v) is 12.2. The van der Waals surface area contributed by atoms with Gasteiger partial charge in [-0.15, -0.1) is 5.10 Å². The van der Waals surface area contributed by atoms with Crippen LogP contribution in [0.3, 0.4) is 0 Å². The monoisotopic (exact) mass is 276 g/mol. The Labute approximate surface area is 118 Å². The maximum Gasteiger partial charge on any atom is 0.335 e. The molecule has 0 aliphatic carbocycles. The summed E-state index contributed by atoms with van der Waals surface area (Å²) in [6.07, 6.45) is 0. The normalized spacial score (nSPS) is 11.9. The third kappa shape index (κ3) is 2.80. The van der Waals surface area contributed by atoms with E-state index in [9.17, 15) is 4.79 Å². The number of carboxylic acid groups (broad SMARTS) is 1. The number of fused-ring (bicyclic) bond motifs is 1. The maximum absolute atomic E-state index is 10.9. The lowest BCUT2D eigenvalue weighted by Gasteiger charge is -2.30. The zero-order chi connectivity index (χ0) is 14.9. The fourth-order valence-corrected chi connectivity index (χ4v) is 2.29. The van der Waals surface area contributed by atoms with Crippen molar-refractivity contribution in [2.24, 2.45) is 0 Å². The van der Waals surface area contributed by atoms with E-state index < -0.39 is 5.97 Å². The molecular formula is C14H20N4O2. The molecule has 1 aromatic carbocycles. The minimum atomic E-state index is -0.951. The van der Waals surface area contributed by atoms with Gasteiger partial charge in [-0.2, -0.15) is 0 Å². The van der Waals surface area contributed by atoms with E-state index in [1.807, 2.05) is 0 Å². The van der Waals surface area contributed by atoms with Crippen LogP contribution in [0.5, 0.6) is 0 Å². The van der Waals surface area contributed by atoms with E-state index in [0.717, 1.165) is 5.52 Å². The van der Waals surface area contributed by atoms with Crippen LogP contribution in [0.15, 0.2) is 18.2 Å². The summed E-state index contributed by atoms with van der Waals surface area (Å²) in [5, 5.41) is 17.2. The lowest BCUT2D eigenvalue weighted by molar-refractivity contribution is 0.0697. The van der Waals surface area contributed by atoms with Crippen LogP contribution >= 0.6 is 0 Å². The molecule has 2 rings (SSSR count). The Hall–Kier alpha value is -1.95. The van der Waals surface area contributed by atoms with Crippen molar-refractivity contribution in [2.45, 2.75) is 46.4 Å². The molecule has 0 aliphatic heterocycles. The highest BCUT2D eigenvalue weighted by atomic mass is 16.4. The van der Waals surface area contributed by atoms with Gasteiger partial charge >= 0.3 is 5.97 Å². The second-order valence-corrected chi connectivity index (χ2v) is 5.44. The number of carboxylic acids is 1. The molecule has 1 N–H and O–H groups in total. The first kappa shape index (κ1) is 14.5. The number of hydrogen-bond acceptors (Lipinski definition) is 4. The molecule has 0 bridgehead atoms. The van der Waals surface area contributed by atoms with Crippen LogP contribution < -0.4 is 0 Å². The zero-order valence-electron chi connectivity index (χ0n) is 12.2. The highest BCUT2D eigenvalue weighted by molar-refractivity contribution is 5.92. The van der Waals surface area contributed by atoms with Gasteiger partial charge in [0.15, 0.2) is 0 Å². The van der Waals surface area contributed by atoms with E-state index in [1.54, 1.807) is 22.9 Å². The van der Waals surface area contributed by atoms with Crippen molar-refractivity contribution in [2.75, 3.05) is 0 Å². The van der Waals surface area contributed by atoms with Gasteiger partial charge in [-0.05, 0) is 45.9 Å². The Morgan fingerprint density at radius 2 is 1.95 bits per heavy atom. The molecule has 0 unspecified atom stereocenters. The summed E-state index contributed by atoms with van der Waals surface area (Å²) in [4.78, 5) is 13.2. The predicted molar refractivity (Wildman–Crippen MR) is 76.6 cm³/mol. The number of nitrogens with zero attached hydrogens (tertiary/aromatic N) is 4.